The summed E-state index contributed by atoms with van der Waals surface area (Å²) in [7, 11) is -2.01. The van der Waals surface area contributed by atoms with E-state index >= 15 is 0 Å². The number of hydrogen-bond acceptors (Lipinski definition) is 4. The normalized spacial score (nSPS) is 11.7. The average molecular weight is 412 g/mol. The molecule has 0 aliphatic carbocycles. The molecule has 0 unspecified atom stereocenters. The minimum atomic E-state index is -3.60. The van der Waals surface area contributed by atoms with Crippen molar-refractivity contribution in [1.29, 1.82) is 0 Å². The summed E-state index contributed by atoms with van der Waals surface area (Å²) in [5.74, 6) is -0.417. The number of pyridine rings is 1. The fourth-order valence-electron chi connectivity index (χ4n) is 2.61. The fourth-order valence-corrected chi connectivity index (χ4v) is 3.76. The monoisotopic (exact) mass is 411 g/mol. The SMILES string of the molecule is CN(Cc1cccc(Cl)c1Cl)C(=O)c1nc(S(C)(=O)=O)n2ccccc12. The van der Waals surface area contributed by atoms with Crippen LogP contribution in [0.4, 0.5) is 0 Å². The summed E-state index contributed by atoms with van der Waals surface area (Å²) in [4.78, 5) is 18.4. The number of hydrogen-bond donors (Lipinski definition) is 0. The molecule has 1 amide bonds. The lowest BCUT2D eigenvalue weighted by Crippen LogP contribution is -2.27. The van der Waals surface area contributed by atoms with Crippen LogP contribution in [0.1, 0.15) is 16.1 Å². The van der Waals surface area contributed by atoms with Crippen LogP contribution in [0.15, 0.2) is 47.8 Å². The summed E-state index contributed by atoms with van der Waals surface area (Å²) in [5.41, 5.74) is 1.16. The second-order valence-electron chi connectivity index (χ2n) is 5.85. The highest BCUT2D eigenvalue weighted by Crippen LogP contribution is 2.27. The topological polar surface area (TPSA) is 71.8 Å². The second kappa shape index (κ2) is 6.90. The highest BCUT2D eigenvalue weighted by Gasteiger charge is 2.25. The molecule has 1 aromatic carbocycles. The maximum Gasteiger partial charge on any atom is 0.274 e. The number of carbonyl (C=O) groups excluding carboxylic acids is 1. The van der Waals surface area contributed by atoms with Crippen LogP contribution in [0.3, 0.4) is 0 Å². The zero-order chi connectivity index (χ0) is 19.1. The molecule has 26 heavy (non-hydrogen) atoms. The molecule has 9 heteroatoms. The van der Waals surface area contributed by atoms with Gasteiger partial charge in [-0.05, 0) is 23.8 Å². The van der Waals surface area contributed by atoms with Gasteiger partial charge in [0.1, 0.15) is 0 Å². The van der Waals surface area contributed by atoms with Crippen LogP contribution in [0.25, 0.3) is 5.52 Å². The molecule has 2 aromatic heterocycles. The molecule has 0 bridgehead atoms. The van der Waals surface area contributed by atoms with Gasteiger partial charge in [-0.2, -0.15) is 0 Å². The van der Waals surface area contributed by atoms with Crippen molar-refractivity contribution < 1.29 is 13.2 Å². The zero-order valence-electron chi connectivity index (χ0n) is 14.0. The third-order valence-corrected chi connectivity index (χ3v) is 5.65. The molecule has 0 saturated heterocycles. The summed E-state index contributed by atoms with van der Waals surface area (Å²) >= 11 is 12.2. The molecule has 0 saturated carbocycles. The molecule has 136 valence electrons. The van der Waals surface area contributed by atoms with Crippen molar-refractivity contribution in [2.75, 3.05) is 13.3 Å². The number of amides is 1. The van der Waals surface area contributed by atoms with Crippen LogP contribution in [0.5, 0.6) is 0 Å². The molecule has 0 aliphatic heterocycles. The number of nitrogens with zero attached hydrogens (tertiary/aromatic N) is 3. The van der Waals surface area contributed by atoms with Crippen LogP contribution < -0.4 is 0 Å². The van der Waals surface area contributed by atoms with Crippen molar-refractivity contribution >= 4 is 44.5 Å². The lowest BCUT2D eigenvalue weighted by atomic mass is 10.2. The number of carbonyl (C=O) groups is 1. The number of benzene rings is 1. The largest absolute Gasteiger partial charge is 0.336 e. The standard InChI is InChI=1S/C17H15Cl2N3O3S/c1-21(10-11-6-5-7-12(18)14(11)19)16(23)15-13-8-3-4-9-22(13)17(20-15)26(2,24)25/h3-9H,10H2,1-2H3. The molecule has 0 spiro atoms. The molecule has 6 nitrogen and oxygen atoms in total. The highest BCUT2D eigenvalue weighted by molar-refractivity contribution is 7.90. The first-order chi connectivity index (χ1) is 12.2. The van der Waals surface area contributed by atoms with Crippen molar-refractivity contribution in [2.24, 2.45) is 0 Å². The van der Waals surface area contributed by atoms with Gasteiger partial charge in [0.05, 0.1) is 15.6 Å². The Labute approximate surface area is 160 Å². The molecule has 0 aliphatic rings. The van der Waals surface area contributed by atoms with Crippen molar-refractivity contribution in [3.63, 3.8) is 0 Å². The van der Waals surface area contributed by atoms with Crippen molar-refractivity contribution in [1.82, 2.24) is 14.3 Å². The van der Waals surface area contributed by atoms with Gasteiger partial charge < -0.3 is 4.90 Å². The third-order valence-electron chi connectivity index (χ3n) is 3.84. The average Bonchev–Trinajstić information content (AvgIpc) is 2.98. The molecule has 3 aromatic rings. The molecular formula is C17H15Cl2N3O3S. The van der Waals surface area contributed by atoms with E-state index in [1.807, 2.05) is 0 Å². The molecule has 2 heterocycles. The van der Waals surface area contributed by atoms with Gasteiger partial charge in [0.2, 0.25) is 15.0 Å². The fraction of sp³-hybridized carbons (Fsp3) is 0.176. The molecule has 0 atom stereocenters. The van der Waals surface area contributed by atoms with Crippen LogP contribution in [0, 0.1) is 0 Å². The third kappa shape index (κ3) is 3.42. The van der Waals surface area contributed by atoms with E-state index in [1.54, 1.807) is 49.6 Å². The van der Waals surface area contributed by atoms with Crippen LogP contribution >= 0.6 is 23.2 Å². The van der Waals surface area contributed by atoms with E-state index in [-0.39, 0.29) is 17.4 Å². The van der Waals surface area contributed by atoms with Gasteiger partial charge in [0, 0.05) is 26.0 Å². The van der Waals surface area contributed by atoms with Crippen molar-refractivity contribution in [2.45, 2.75) is 11.7 Å². The van der Waals surface area contributed by atoms with E-state index in [0.717, 1.165) is 6.26 Å². The van der Waals surface area contributed by atoms with Crippen molar-refractivity contribution in [3.05, 3.63) is 63.9 Å². The lowest BCUT2D eigenvalue weighted by molar-refractivity contribution is 0.0781. The van der Waals surface area contributed by atoms with E-state index in [2.05, 4.69) is 4.98 Å². The van der Waals surface area contributed by atoms with Gasteiger partial charge in [-0.1, -0.05) is 41.4 Å². The Balaban J connectivity index is 2.01. The van der Waals surface area contributed by atoms with Gasteiger partial charge in [0.25, 0.3) is 5.91 Å². The van der Waals surface area contributed by atoms with Crippen LogP contribution in [-0.2, 0) is 16.4 Å². The van der Waals surface area contributed by atoms with E-state index in [9.17, 15) is 13.2 Å². The van der Waals surface area contributed by atoms with E-state index in [4.69, 9.17) is 23.2 Å². The Kier molecular flexibility index (Phi) is 4.96. The predicted octanol–water partition coefficient (Wildman–Crippen LogP) is 3.32. The van der Waals surface area contributed by atoms with E-state index in [1.165, 1.54) is 9.30 Å². The number of sulfone groups is 1. The summed E-state index contributed by atoms with van der Waals surface area (Å²) in [5, 5.41) is 0.600. The van der Waals surface area contributed by atoms with Gasteiger partial charge in [-0.25, -0.2) is 13.4 Å². The Morgan fingerprint density at radius 1 is 1.19 bits per heavy atom. The van der Waals surface area contributed by atoms with Crippen LogP contribution in [-0.4, -0.2) is 41.9 Å². The Bertz CT molecular complexity index is 1110. The molecule has 3 rings (SSSR count). The van der Waals surface area contributed by atoms with Gasteiger partial charge in [0.15, 0.2) is 5.69 Å². The quantitative estimate of drug-likeness (QED) is 0.659. The molecule has 0 N–H and O–H groups in total. The van der Waals surface area contributed by atoms with Gasteiger partial charge in [-0.3, -0.25) is 9.20 Å². The number of aromatic nitrogens is 2. The van der Waals surface area contributed by atoms with E-state index in [0.29, 0.717) is 21.1 Å². The van der Waals surface area contributed by atoms with Crippen molar-refractivity contribution in [3.8, 4) is 0 Å². The summed E-state index contributed by atoms with van der Waals surface area (Å²) in [6.07, 6.45) is 2.61. The Hall–Kier alpha value is -2.09. The number of fused-ring (bicyclic) bond motifs is 1. The van der Waals surface area contributed by atoms with Gasteiger partial charge >= 0.3 is 0 Å². The smallest absolute Gasteiger partial charge is 0.274 e. The molecule has 0 fully saturated rings. The maximum atomic E-state index is 12.9. The molecular weight excluding hydrogens is 397 g/mol. The minimum absolute atomic E-state index is 0.0617. The molecule has 0 radical (unpaired) electrons. The summed E-state index contributed by atoms with van der Waals surface area (Å²) < 4.78 is 25.4. The first kappa shape index (κ1) is 18.7. The van der Waals surface area contributed by atoms with Gasteiger partial charge in [-0.15, -0.1) is 0 Å². The number of imidazole rings is 1. The highest BCUT2D eigenvalue weighted by atomic mass is 35.5. The zero-order valence-corrected chi connectivity index (χ0v) is 16.3. The summed E-state index contributed by atoms with van der Waals surface area (Å²) in [6, 6.07) is 10.2. The minimum Gasteiger partial charge on any atom is -0.336 e. The second-order valence-corrected chi connectivity index (χ2v) is 8.54. The predicted molar refractivity (Wildman–Crippen MR) is 101 cm³/mol. The Morgan fingerprint density at radius 2 is 1.92 bits per heavy atom. The summed E-state index contributed by atoms with van der Waals surface area (Å²) in [6.45, 7) is 0.207. The number of halogens is 2. The van der Waals surface area contributed by atoms with E-state index < -0.39 is 15.7 Å². The first-order valence-corrected chi connectivity index (χ1v) is 10.2. The van der Waals surface area contributed by atoms with Crippen LogP contribution in [0.2, 0.25) is 10.0 Å². The number of rotatable bonds is 4. The maximum absolute atomic E-state index is 12.9. The Morgan fingerprint density at radius 3 is 2.62 bits per heavy atom. The first-order valence-electron chi connectivity index (χ1n) is 7.55. The lowest BCUT2D eigenvalue weighted by Gasteiger charge is -2.17.